The van der Waals surface area contributed by atoms with Crippen LogP contribution in [-0.4, -0.2) is 42.1 Å². The molecule has 0 aromatic heterocycles. The summed E-state index contributed by atoms with van der Waals surface area (Å²) in [7, 11) is 1.34. The van der Waals surface area contributed by atoms with Gasteiger partial charge < -0.3 is 15.8 Å². The number of non-ortho nitro benzene ring substituents is 1. The van der Waals surface area contributed by atoms with E-state index in [2.05, 4.69) is 36.1 Å². The van der Waals surface area contributed by atoms with Crippen molar-refractivity contribution in [3.63, 3.8) is 0 Å². The minimum atomic E-state index is -0.572. The Kier molecular flexibility index (Phi) is 11.0. The van der Waals surface area contributed by atoms with Gasteiger partial charge in [-0.05, 0) is 38.8 Å². The van der Waals surface area contributed by atoms with Gasteiger partial charge in [0, 0.05) is 35.9 Å². The highest BCUT2D eigenvalue weighted by Gasteiger charge is 2.12. The molecule has 0 spiro atoms. The van der Waals surface area contributed by atoms with Gasteiger partial charge in [0.05, 0.1) is 12.0 Å². The lowest BCUT2D eigenvalue weighted by atomic mass is 10.1. The largest absolute Gasteiger partial charge is 0.468 e. The van der Waals surface area contributed by atoms with Crippen LogP contribution in [0.2, 0.25) is 0 Å². The van der Waals surface area contributed by atoms with E-state index in [0.717, 1.165) is 24.3 Å². The lowest BCUT2D eigenvalue weighted by Crippen LogP contribution is -2.33. The van der Waals surface area contributed by atoms with E-state index in [9.17, 15) is 14.9 Å². The summed E-state index contributed by atoms with van der Waals surface area (Å²) in [6.45, 7) is 4.85. The molecular weight excluding hydrogens is 378 g/mol. The maximum Gasteiger partial charge on any atom is 0.323 e. The summed E-state index contributed by atoms with van der Waals surface area (Å²) < 4.78 is 4.60. The van der Waals surface area contributed by atoms with Gasteiger partial charge in [-0.1, -0.05) is 23.3 Å². The molecule has 3 N–H and O–H groups in total. The van der Waals surface area contributed by atoms with E-state index in [1.165, 1.54) is 30.4 Å². The Morgan fingerprint density at radius 1 is 1.29 bits per heavy atom. The summed E-state index contributed by atoms with van der Waals surface area (Å²) in [5, 5.41) is 13.9. The van der Waals surface area contributed by atoms with Crippen molar-refractivity contribution in [2.75, 3.05) is 30.5 Å². The number of methoxy groups -OCH3 is 1. The predicted molar refractivity (Wildman–Crippen MR) is 116 cm³/mol. The normalized spacial score (nSPS) is 13.1. The molecule has 0 fully saturated rings. The summed E-state index contributed by atoms with van der Waals surface area (Å²) in [6, 6.07) is 5.83. The smallest absolute Gasteiger partial charge is 0.323 e. The average molecular weight is 408 g/mol. The van der Waals surface area contributed by atoms with E-state index in [4.69, 9.17) is 5.73 Å². The second-order valence-corrected chi connectivity index (χ2v) is 7.54. The maximum absolute atomic E-state index is 11.2. The first-order valence-electron chi connectivity index (χ1n) is 9.04. The van der Waals surface area contributed by atoms with Crippen molar-refractivity contribution < 1.29 is 14.5 Å². The van der Waals surface area contributed by atoms with Crippen LogP contribution in [-0.2, 0) is 9.53 Å². The number of allylic oxidation sites excluding steroid dienone is 2. The van der Waals surface area contributed by atoms with Gasteiger partial charge in [0.15, 0.2) is 0 Å². The molecule has 1 atom stereocenters. The third-order valence-electron chi connectivity index (χ3n) is 4.03. The lowest BCUT2D eigenvalue weighted by Gasteiger charge is -2.08. The van der Waals surface area contributed by atoms with E-state index >= 15 is 0 Å². The summed E-state index contributed by atoms with van der Waals surface area (Å²) in [5.41, 5.74) is 9.15. The number of carbonyl (C=O) groups excluding carboxylic acids is 1. The number of nitrogens with one attached hydrogen (secondary N) is 1. The van der Waals surface area contributed by atoms with Crippen molar-refractivity contribution in [2.24, 2.45) is 5.73 Å². The highest BCUT2D eigenvalue weighted by Crippen LogP contribution is 2.16. The number of esters is 1. The molecule has 154 valence electrons. The topological polar surface area (TPSA) is 107 Å². The van der Waals surface area contributed by atoms with Crippen molar-refractivity contribution in [3.8, 4) is 0 Å². The van der Waals surface area contributed by atoms with Gasteiger partial charge in [0.2, 0.25) is 0 Å². The SMILES string of the molecule is COC(=O)C(N)CSCC=C(C)CCC=C(C)CNc1ccc([N+](=O)[O-])cc1. The van der Waals surface area contributed by atoms with Gasteiger partial charge >= 0.3 is 5.97 Å². The molecule has 8 heteroatoms. The molecule has 0 radical (unpaired) electrons. The van der Waals surface area contributed by atoms with Crippen LogP contribution < -0.4 is 11.1 Å². The molecule has 0 saturated carbocycles. The van der Waals surface area contributed by atoms with Crippen molar-refractivity contribution in [2.45, 2.75) is 32.7 Å². The predicted octanol–water partition coefficient (Wildman–Crippen LogP) is 3.91. The van der Waals surface area contributed by atoms with Crippen molar-refractivity contribution in [1.82, 2.24) is 0 Å². The number of nitro benzene ring substituents is 1. The summed E-state index contributed by atoms with van der Waals surface area (Å²) in [5.74, 6) is 0.987. The average Bonchev–Trinajstić information content (AvgIpc) is 2.69. The van der Waals surface area contributed by atoms with E-state index in [1.807, 2.05) is 0 Å². The number of nitrogens with two attached hydrogens (primary N) is 1. The molecule has 28 heavy (non-hydrogen) atoms. The molecule has 7 nitrogen and oxygen atoms in total. The van der Waals surface area contributed by atoms with E-state index in [1.54, 1.807) is 23.9 Å². The molecule has 0 amide bonds. The molecule has 1 aromatic carbocycles. The number of carbonyl (C=O) groups is 1. The van der Waals surface area contributed by atoms with Crippen LogP contribution in [0.3, 0.4) is 0 Å². The lowest BCUT2D eigenvalue weighted by molar-refractivity contribution is -0.384. The maximum atomic E-state index is 11.2. The van der Waals surface area contributed by atoms with Gasteiger partial charge in [0.1, 0.15) is 6.04 Å². The summed E-state index contributed by atoms with van der Waals surface area (Å²) >= 11 is 1.61. The first kappa shape index (κ1) is 23.7. The number of anilines is 1. The molecule has 0 aliphatic carbocycles. The molecular formula is C20H29N3O4S. The van der Waals surface area contributed by atoms with Crippen molar-refractivity contribution in [1.29, 1.82) is 0 Å². The minimum Gasteiger partial charge on any atom is -0.468 e. The Hall–Kier alpha value is -2.32. The zero-order chi connectivity index (χ0) is 20.9. The minimum absolute atomic E-state index is 0.0884. The summed E-state index contributed by atoms with van der Waals surface area (Å²) in [4.78, 5) is 21.5. The molecule has 0 heterocycles. The third-order valence-corrected chi connectivity index (χ3v) is 5.03. The van der Waals surface area contributed by atoms with Crippen molar-refractivity contribution in [3.05, 3.63) is 57.7 Å². The highest BCUT2D eigenvalue weighted by molar-refractivity contribution is 7.99. The quantitative estimate of drug-likeness (QED) is 0.178. The first-order valence-corrected chi connectivity index (χ1v) is 10.2. The fourth-order valence-corrected chi connectivity index (χ4v) is 3.21. The standard InChI is InChI=1S/C20H29N3O4S/c1-15(11-12-28-14-19(21)20(24)27-3)5-4-6-16(2)13-22-17-7-9-18(10-8-17)23(25)26/h6-11,19,22H,4-5,12-14,21H2,1-3H3. The molecule has 0 saturated heterocycles. The number of ether oxygens (including phenoxy) is 1. The molecule has 0 aliphatic heterocycles. The molecule has 1 aromatic rings. The number of rotatable bonds is 12. The van der Waals surface area contributed by atoms with Crippen LogP contribution in [0.5, 0.6) is 0 Å². The fraction of sp³-hybridized carbons (Fsp3) is 0.450. The number of hydrogen-bond acceptors (Lipinski definition) is 7. The van der Waals surface area contributed by atoms with Crippen LogP contribution in [0.1, 0.15) is 26.7 Å². The summed E-state index contributed by atoms with van der Waals surface area (Å²) in [6.07, 6.45) is 6.27. The van der Waals surface area contributed by atoms with Gasteiger partial charge in [-0.3, -0.25) is 14.9 Å². The van der Waals surface area contributed by atoms with E-state index < -0.39 is 11.0 Å². The number of benzene rings is 1. The Morgan fingerprint density at radius 3 is 2.57 bits per heavy atom. The molecule has 1 unspecified atom stereocenters. The number of hydrogen-bond donors (Lipinski definition) is 2. The zero-order valence-electron chi connectivity index (χ0n) is 16.6. The van der Waals surface area contributed by atoms with E-state index in [0.29, 0.717) is 12.3 Å². The Bertz CT molecular complexity index is 702. The van der Waals surface area contributed by atoms with Crippen LogP contribution in [0, 0.1) is 10.1 Å². The van der Waals surface area contributed by atoms with Crippen LogP contribution in [0.15, 0.2) is 47.6 Å². The fourth-order valence-electron chi connectivity index (χ4n) is 2.28. The van der Waals surface area contributed by atoms with Crippen LogP contribution in [0.4, 0.5) is 11.4 Å². The number of nitro groups is 1. The van der Waals surface area contributed by atoms with E-state index in [-0.39, 0.29) is 11.7 Å². The van der Waals surface area contributed by atoms with Crippen LogP contribution in [0.25, 0.3) is 0 Å². The molecule has 0 aliphatic rings. The number of thioether (sulfide) groups is 1. The molecule has 0 bridgehead atoms. The Morgan fingerprint density at radius 2 is 1.96 bits per heavy atom. The molecule has 1 rings (SSSR count). The van der Waals surface area contributed by atoms with Gasteiger partial charge in [-0.15, -0.1) is 0 Å². The van der Waals surface area contributed by atoms with Crippen molar-refractivity contribution >= 4 is 29.1 Å². The Labute approximate surface area is 170 Å². The van der Waals surface area contributed by atoms with Gasteiger partial charge in [-0.2, -0.15) is 11.8 Å². The van der Waals surface area contributed by atoms with Gasteiger partial charge in [-0.25, -0.2) is 0 Å². The second kappa shape index (κ2) is 13.0. The third kappa shape index (κ3) is 9.57. The Balaban J connectivity index is 2.27. The highest BCUT2D eigenvalue weighted by atomic mass is 32.2. The monoisotopic (exact) mass is 407 g/mol. The van der Waals surface area contributed by atoms with Crippen LogP contribution >= 0.6 is 11.8 Å². The zero-order valence-corrected chi connectivity index (χ0v) is 17.5. The number of nitrogens with zero attached hydrogens (tertiary/aromatic N) is 1. The van der Waals surface area contributed by atoms with Gasteiger partial charge in [0.25, 0.3) is 5.69 Å². The first-order chi connectivity index (χ1) is 13.3. The second-order valence-electron chi connectivity index (χ2n) is 6.46.